The topological polar surface area (TPSA) is 90.1 Å². The van der Waals surface area contributed by atoms with Gasteiger partial charge in [-0.05, 0) is 41.5 Å². The molecule has 2 atom stereocenters. The zero-order valence-corrected chi connectivity index (χ0v) is 18.9. The van der Waals surface area contributed by atoms with Crippen molar-refractivity contribution in [3.05, 3.63) is 89.6 Å². The van der Waals surface area contributed by atoms with E-state index in [2.05, 4.69) is 4.98 Å². The first-order valence-corrected chi connectivity index (χ1v) is 11.3. The number of rotatable bonds is 3. The molecule has 8 nitrogen and oxygen atoms in total. The number of nitrogens with zero attached hydrogens (tertiary/aromatic N) is 1. The summed E-state index contributed by atoms with van der Waals surface area (Å²) in [6.45, 7) is 0.131. The fourth-order valence-electron chi connectivity index (χ4n) is 4.90. The van der Waals surface area contributed by atoms with Crippen molar-refractivity contribution in [1.82, 2.24) is 9.88 Å². The summed E-state index contributed by atoms with van der Waals surface area (Å²) in [6, 6.07) is 20.6. The summed E-state index contributed by atoms with van der Waals surface area (Å²) in [5.74, 6) is 1.07. The van der Waals surface area contributed by atoms with E-state index in [1.807, 2.05) is 48.5 Å². The van der Waals surface area contributed by atoms with Gasteiger partial charge in [0.15, 0.2) is 11.5 Å². The summed E-state index contributed by atoms with van der Waals surface area (Å²) in [6.07, 6.45) is -0.365. The van der Waals surface area contributed by atoms with Gasteiger partial charge in [-0.25, -0.2) is 9.59 Å². The number of benzene rings is 3. The Morgan fingerprint density at radius 3 is 2.57 bits per heavy atom. The molecule has 0 saturated carbocycles. The molecule has 1 amide bonds. The number of carbonyl (C=O) groups excluding carboxylic acids is 2. The Morgan fingerprint density at radius 1 is 0.971 bits per heavy atom. The highest BCUT2D eigenvalue weighted by Gasteiger charge is 2.45. The predicted molar refractivity (Wildman–Crippen MR) is 127 cm³/mol. The molecule has 0 aliphatic carbocycles. The maximum atomic E-state index is 13.7. The van der Waals surface area contributed by atoms with Gasteiger partial charge in [-0.15, -0.1) is 0 Å². The van der Waals surface area contributed by atoms with E-state index in [0.717, 1.165) is 27.7 Å². The average Bonchev–Trinajstić information content (AvgIpc) is 3.51. The van der Waals surface area contributed by atoms with E-state index in [9.17, 15) is 9.59 Å². The molecule has 2 aliphatic heterocycles. The molecule has 2 aliphatic rings. The molecule has 3 aromatic carbocycles. The average molecular weight is 470 g/mol. The number of amides is 1. The number of esters is 1. The van der Waals surface area contributed by atoms with E-state index in [1.165, 1.54) is 12.0 Å². The Balaban J connectivity index is 1.53. The van der Waals surface area contributed by atoms with Crippen molar-refractivity contribution >= 4 is 23.0 Å². The minimum Gasteiger partial charge on any atom is -0.467 e. The molecular weight excluding hydrogens is 448 g/mol. The van der Waals surface area contributed by atoms with Crippen LogP contribution >= 0.6 is 0 Å². The van der Waals surface area contributed by atoms with Gasteiger partial charge in [-0.1, -0.05) is 42.5 Å². The summed E-state index contributed by atoms with van der Waals surface area (Å²) in [7, 11) is 1.32. The van der Waals surface area contributed by atoms with Crippen LogP contribution in [0, 0.1) is 0 Å². The SMILES string of the molecule is COC(=O)[C@H]1Cc2c([nH]c3ccccc23)[C@H](c2ccc3c(c2)OCO3)N1C(=O)Oc1ccccc1. The monoisotopic (exact) mass is 470 g/mol. The number of para-hydroxylation sites is 2. The van der Waals surface area contributed by atoms with Crippen LogP contribution < -0.4 is 14.2 Å². The van der Waals surface area contributed by atoms with E-state index in [0.29, 0.717) is 17.2 Å². The number of aromatic amines is 1. The van der Waals surface area contributed by atoms with Crippen LogP contribution in [0.4, 0.5) is 4.79 Å². The van der Waals surface area contributed by atoms with E-state index >= 15 is 0 Å². The van der Waals surface area contributed by atoms with Crippen LogP contribution in [0.2, 0.25) is 0 Å². The first-order chi connectivity index (χ1) is 17.1. The van der Waals surface area contributed by atoms with Crippen LogP contribution in [0.25, 0.3) is 10.9 Å². The zero-order chi connectivity index (χ0) is 23.9. The highest BCUT2D eigenvalue weighted by Crippen LogP contribution is 2.44. The molecule has 176 valence electrons. The molecule has 4 aromatic rings. The van der Waals surface area contributed by atoms with Gasteiger partial charge in [0.25, 0.3) is 0 Å². The lowest BCUT2D eigenvalue weighted by Crippen LogP contribution is -2.52. The standard InChI is InChI=1S/C27H22N2O6/c1-32-26(30)21-14-19-18-9-5-6-10-20(18)28-24(19)25(16-11-12-22-23(13-16)34-15-33-22)29(21)27(31)35-17-7-3-2-4-8-17/h2-13,21,25,28H,14-15H2,1H3/t21-,25+/m1/s1. The minimum atomic E-state index is -0.890. The van der Waals surface area contributed by atoms with E-state index < -0.39 is 24.1 Å². The molecular formula is C27H22N2O6. The molecule has 0 saturated heterocycles. The Kier molecular flexibility index (Phi) is 5.06. The van der Waals surface area contributed by atoms with Gasteiger partial charge in [-0.3, -0.25) is 4.90 Å². The van der Waals surface area contributed by atoms with E-state index in [4.69, 9.17) is 18.9 Å². The van der Waals surface area contributed by atoms with Gasteiger partial charge >= 0.3 is 12.1 Å². The van der Waals surface area contributed by atoms with Gasteiger partial charge < -0.3 is 23.9 Å². The normalized spacial score (nSPS) is 18.3. The fraction of sp³-hybridized carbons (Fsp3) is 0.185. The zero-order valence-electron chi connectivity index (χ0n) is 18.9. The minimum absolute atomic E-state index is 0.131. The van der Waals surface area contributed by atoms with Gasteiger partial charge in [0.1, 0.15) is 17.8 Å². The van der Waals surface area contributed by atoms with Crippen molar-refractivity contribution in [1.29, 1.82) is 0 Å². The molecule has 0 fully saturated rings. The molecule has 8 heteroatoms. The number of aromatic nitrogens is 1. The van der Waals surface area contributed by atoms with Gasteiger partial charge in [0.2, 0.25) is 6.79 Å². The second-order valence-corrected chi connectivity index (χ2v) is 8.41. The highest BCUT2D eigenvalue weighted by atomic mass is 16.7. The lowest BCUT2D eigenvalue weighted by atomic mass is 9.88. The Labute approximate surface area is 201 Å². The van der Waals surface area contributed by atoms with Crippen LogP contribution in [0.1, 0.15) is 22.9 Å². The number of H-pyrrole nitrogens is 1. The van der Waals surface area contributed by atoms with Crippen molar-refractivity contribution in [2.24, 2.45) is 0 Å². The van der Waals surface area contributed by atoms with Crippen molar-refractivity contribution in [2.45, 2.75) is 18.5 Å². The number of ether oxygens (including phenoxy) is 4. The quantitative estimate of drug-likeness (QED) is 0.441. The van der Waals surface area contributed by atoms with Crippen LogP contribution in [-0.4, -0.2) is 41.9 Å². The highest BCUT2D eigenvalue weighted by molar-refractivity contribution is 5.90. The van der Waals surface area contributed by atoms with E-state index in [1.54, 1.807) is 24.3 Å². The summed E-state index contributed by atoms with van der Waals surface area (Å²) >= 11 is 0. The molecule has 0 spiro atoms. The molecule has 6 rings (SSSR count). The van der Waals surface area contributed by atoms with Gasteiger partial charge in [0, 0.05) is 23.0 Å². The summed E-state index contributed by atoms with van der Waals surface area (Å²) in [4.78, 5) is 31.6. The van der Waals surface area contributed by atoms with Gasteiger partial charge in [-0.2, -0.15) is 0 Å². The summed E-state index contributed by atoms with van der Waals surface area (Å²) < 4.78 is 21.9. The maximum Gasteiger partial charge on any atom is 0.416 e. The largest absolute Gasteiger partial charge is 0.467 e. The molecule has 3 heterocycles. The number of hydrogen-bond acceptors (Lipinski definition) is 6. The molecule has 0 radical (unpaired) electrons. The Bertz CT molecular complexity index is 1430. The predicted octanol–water partition coefficient (Wildman–Crippen LogP) is 4.58. The molecule has 1 aromatic heterocycles. The molecule has 0 bridgehead atoms. The third-order valence-corrected chi connectivity index (χ3v) is 6.48. The second kappa shape index (κ2) is 8.39. The Hall–Kier alpha value is -4.46. The van der Waals surface area contributed by atoms with E-state index in [-0.39, 0.29) is 13.2 Å². The van der Waals surface area contributed by atoms with Crippen LogP contribution in [0.5, 0.6) is 17.2 Å². The van der Waals surface area contributed by atoms with Crippen molar-refractivity contribution < 1.29 is 28.5 Å². The fourth-order valence-corrected chi connectivity index (χ4v) is 4.90. The summed E-state index contributed by atoms with van der Waals surface area (Å²) in [5.41, 5.74) is 3.45. The molecule has 1 N–H and O–H groups in total. The van der Waals surface area contributed by atoms with Crippen molar-refractivity contribution in [3.63, 3.8) is 0 Å². The van der Waals surface area contributed by atoms with Gasteiger partial charge in [0.05, 0.1) is 7.11 Å². The maximum absolute atomic E-state index is 13.7. The molecule has 0 unspecified atom stereocenters. The van der Waals surface area contributed by atoms with Crippen LogP contribution in [-0.2, 0) is 16.0 Å². The number of methoxy groups -OCH3 is 1. The number of fused-ring (bicyclic) bond motifs is 4. The van der Waals surface area contributed by atoms with Crippen molar-refractivity contribution in [3.8, 4) is 17.2 Å². The smallest absolute Gasteiger partial charge is 0.416 e. The lowest BCUT2D eigenvalue weighted by molar-refractivity contribution is -0.147. The third-order valence-electron chi connectivity index (χ3n) is 6.48. The number of hydrogen-bond donors (Lipinski definition) is 1. The number of carbonyl (C=O) groups is 2. The second-order valence-electron chi connectivity index (χ2n) is 8.41. The molecule has 35 heavy (non-hydrogen) atoms. The third kappa shape index (κ3) is 3.54. The van der Waals surface area contributed by atoms with Crippen LogP contribution in [0.3, 0.4) is 0 Å². The van der Waals surface area contributed by atoms with Crippen LogP contribution in [0.15, 0.2) is 72.8 Å². The first kappa shape index (κ1) is 21.1. The Morgan fingerprint density at radius 2 is 1.74 bits per heavy atom. The number of nitrogens with one attached hydrogen (secondary N) is 1. The van der Waals surface area contributed by atoms with Crippen molar-refractivity contribution in [2.75, 3.05) is 13.9 Å². The first-order valence-electron chi connectivity index (χ1n) is 11.3. The lowest BCUT2D eigenvalue weighted by Gasteiger charge is -2.40. The summed E-state index contributed by atoms with van der Waals surface area (Å²) in [5, 5.41) is 0.998.